The van der Waals surface area contributed by atoms with Crippen molar-refractivity contribution in [2.75, 3.05) is 0 Å². The van der Waals surface area contributed by atoms with Crippen molar-refractivity contribution in [3.05, 3.63) is 48.0 Å². The highest BCUT2D eigenvalue weighted by atomic mass is 16.3. The normalized spacial score (nSPS) is 43.8. The quantitative estimate of drug-likeness (QED) is 0.881. The van der Waals surface area contributed by atoms with Crippen LogP contribution in [0.1, 0.15) is 51.5 Å². The van der Waals surface area contributed by atoms with Crippen LogP contribution in [0.4, 0.5) is 0 Å². The van der Waals surface area contributed by atoms with Crippen molar-refractivity contribution in [1.82, 2.24) is 0 Å². The number of ketones is 1. The van der Waals surface area contributed by atoms with E-state index in [-0.39, 0.29) is 23.0 Å². The van der Waals surface area contributed by atoms with Gasteiger partial charge in [0, 0.05) is 11.8 Å². The highest BCUT2D eigenvalue weighted by Crippen LogP contribution is 2.69. The lowest BCUT2D eigenvalue weighted by atomic mass is 9.49. The van der Waals surface area contributed by atoms with E-state index in [4.69, 9.17) is 5.26 Å². The molecule has 1 N–H and O–H groups in total. The van der Waals surface area contributed by atoms with Gasteiger partial charge < -0.3 is 5.11 Å². The topological polar surface area (TPSA) is 61.1 Å². The second kappa shape index (κ2) is 5.79. The first kappa shape index (κ1) is 17.5. The summed E-state index contributed by atoms with van der Waals surface area (Å²) in [7, 11) is 0. The van der Waals surface area contributed by atoms with Gasteiger partial charge in [-0.15, -0.1) is 0 Å². The molecule has 1 aromatic rings. The van der Waals surface area contributed by atoms with Crippen molar-refractivity contribution in [2.24, 2.45) is 28.6 Å². The van der Waals surface area contributed by atoms with E-state index >= 15 is 0 Å². The van der Waals surface area contributed by atoms with Gasteiger partial charge in [0.15, 0.2) is 5.78 Å². The molecule has 0 saturated heterocycles. The van der Waals surface area contributed by atoms with Crippen LogP contribution in [0.3, 0.4) is 0 Å². The second-order valence-electron chi connectivity index (χ2n) is 9.07. The molecule has 4 rings (SSSR count). The molecule has 0 heterocycles. The molecule has 1 aromatic carbocycles. The molecule has 3 aliphatic rings. The third-order valence-corrected chi connectivity index (χ3v) is 7.59. The number of rotatable bonds is 3. The summed E-state index contributed by atoms with van der Waals surface area (Å²) < 4.78 is 0. The van der Waals surface area contributed by atoms with E-state index in [1.54, 1.807) is 6.08 Å². The van der Waals surface area contributed by atoms with Crippen molar-refractivity contribution in [3.63, 3.8) is 0 Å². The van der Waals surface area contributed by atoms with E-state index in [0.29, 0.717) is 25.2 Å². The SMILES string of the molecule is CC1CC2CC3(C=CC(=O)[C@@](C)(CCC#N)C13)CC2(O)c1ccccc1. The summed E-state index contributed by atoms with van der Waals surface area (Å²) in [5.41, 5.74) is -0.480. The van der Waals surface area contributed by atoms with Gasteiger partial charge in [-0.1, -0.05) is 50.3 Å². The fourth-order valence-electron chi connectivity index (χ4n) is 6.75. The average molecular weight is 349 g/mol. The largest absolute Gasteiger partial charge is 0.385 e. The lowest BCUT2D eigenvalue weighted by Crippen LogP contribution is -2.51. The maximum absolute atomic E-state index is 12.9. The number of fused-ring (bicyclic) bond motifs is 1. The summed E-state index contributed by atoms with van der Waals surface area (Å²) in [4.78, 5) is 12.9. The van der Waals surface area contributed by atoms with Crippen LogP contribution in [0.15, 0.2) is 42.5 Å². The van der Waals surface area contributed by atoms with Crippen LogP contribution < -0.4 is 0 Å². The van der Waals surface area contributed by atoms with E-state index in [1.807, 2.05) is 30.3 Å². The third-order valence-electron chi connectivity index (χ3n) is 7.59. The zero-order chi connectivity index (χ0) is 18.6. The number of nitriles is 1. The Morgan fingerprint density at radius 3 is 2.73 bits per heavy atom. The molecule has 5 unspecified atom stereocenters. The monoisotopic (exact) mass is 349 g/mol. The van der Waals surface area contributed by atoms with Crippen molar-refractivity contribution in [2.45, 2.75) is 51.6 Å². The molecule has 2 fully saturated rings. The lowest BCUT2D eigenvalue weighted by Gasteiger charge is -2.53. The van der Waals surface area contributed by atoms with Gasteiger partial charge in [0.1, 0.15) is 0 Å². The Labute approximate surface area is 155 Å². The third kappa shape index (κ3) is 2.25. The maximum atomic E-state index is 12.9. The highest BCUT2D eigenvalue weighted by molar-refractivity contribution is 5.96. The molecule has 3 aliphatic carbocycles. The van der Waals surface area contributed by atoms with E-state index in [1.165, 1.54) is 0 Å². The number of hydrogen-bond donors (Lipinski definition) is 1. The number of allylic oxidation sites excluding steroid dienone is 2. The number of hydrogen-bond acceptors (Lipinski definition) is 3. The number of carbonyl (C=O) groups is 1. The summed E-state index contributed by atoms with van der Waals surface area (Å²) in [5.74, 6) is 0.914. The van der Waals surface area contributed by atoms with Crippen LogP contribution in [-0.4, -0.2) is 10.9 Å². The van der Waals surface area contributed by atoms with Crippen molar-refractivity contribution in [1.29, 1.82) is 5.26 Å². The number of aliphatic hydroxyl groups is 1. The van der Waals surface area contributed by atoms with Crippen LogP contribution in [0, 0.1) is 39.9 Å². The Balaban J connectivity index is 1.80. The van der Waals surface area contributed by atoms with E-state index < -0.39 is 11.0 Å². The van der Waals surface area contributed by atoms with Gasteiger partial charge >= 0.3 is 0 Å². The molecule has 6 atom stereocenters. The molecule has 3 heteroatoms. The van der Waals surface area contributed by atoms with Gasteiger partial charge in [-0.3, -0.25) is 4.79 Å². The Hall–Kier alpha value is -1.92. The van der Waals surface area contributed by atoms with Gasteiger partial charge in [0.05, 0.1) is 11.7 Å². The fraction of sp³-hybridized carbons (Fsp3) is 0.565. The Bertz CT molecular complexity index is 794. The Morgan fingerprint density at radius 1 is 1.31 bits per heavy atom. The molecule has 1 spiro atoms. The zero-order valence-electron chi connectivity index (χ0n) is 15.6. The first-order valence-corrected chi connectivity index (χ1v) is 9.74. The van der Waals surface area contributed by atoms with Gasteiger partial charge in [-0.05, 0) is 60.5 Å². The van der Waals surface area contributed by atoms with Crippen molar-refractivity contribution < 1.29 is 9.90 Å². The fourth-order valence-corrected chi connectivity index (χ4v) is 6.75. The molecule has 2 bridgehead atoms. The first-order valence-electron chi connectivity index (χ1n) is 9.74. The molecule has 0 aliphatic heterocycles. The van der Waals surface area contributed by atoms with E-state index in [9.17, 15) is 9.90 Å². The van der Waals surface area contributed by atoms with Crippen LogP contribution in [-0.2, 0) is 10.4 Å². The molecule has 2 saturated carbocycles. The predicted molar refractivity (Wildman–Crippen MR) is 99.9 cm³/mol. The standard InChI is InChI=1S/C23H27NO2/c1-16-13-18-14-22(15-23(18,26)17-7-4-3-5-8-17)11-9-19(25)21(2,20(16)22)10-6-12-24/h3-5,7-9,11,16,18,20,26H,6,10,13-15H2,1-2H3/t16?,18?,20?,21-,22?,23?/m1/s1. The minimum Gasteiger partial charge on any atom is -0.385 e. The molecule has 0 radical (unpaired) electrons. The first-order chi connectivity index (χ1) is 12.4. The highest BCUT2D eigenvalue weighted by Gasteiger charge is 2.66. The number of benzene rings is 1. The smallest absolute Gasteiger partial charge is 0.161 e. The predicted octanol–water partition coefficient (Wildman–Crippen LogP) is 4.38. The molecule has 26 heavy (non-hydrogen) atoms. The Kier molecular flexibility index (Phi) is 3.90. The van der Waals surface area contributed by atoms with Crippen LogP contribution >= 0.6 is 0 Å². The van der Waals surface area contributed by atoms with E-state index in [2.05, 4.69) is 26.0 Å². The van der Waals surface area contributed by atoms with Gasteiger partial charge in [-0.2, -0.15) is 5.26 Å². The molecule has 3 nitrogen and oxygen atoms in total. The molecule has 0 aromatic heterocycles. The minimum atomic E-state index is -0.828. The van der Waals surface area contributed by atoms with Crippen molar-refractivity contribution in [3.8, 4) is 6.07 Å². The average Bonchev–Trinajstić information content (AvgIpc) is 2.86. The Morgan fingerprint density at radius 2 is 2.04 bits per heavy atom. The number of nitrogens with zero attached hydrogens (tertiary/aromatic N) is 1. The summed E-state index contributed by atoms with van der Waals surface area (Å²) in [6, 6.07) is 12.3. The lowest BCUT2D eigenvalue weighted by molar-refractivity contribution is -0.135. The summed E-state index contributed by atoms with van der Waals surface area (Å²) >= 11 is 0. The maximum Gasteiger partial charge on any atom is 0.161 e. The van der Waals surface area contributed by atoms with Gasteiger partial charge in [0.2, 0.25) is 0 Å². The van der Waals surface area contributed by atoms with Crippen LogP contribution in [0.2, 0.25) is 0 Å². The van der Waals surface area contributed by atoms with Crippen LogP contribution in [0.25, 0.3) is 0 Å². The van der Waals surface area contributed by atoms with Gasteiger partial charge in [0.25, 0.3) is 0 Å². The zero-order valence-corrected chi connectivity index (χ0v) is 15.6. The minimum absolute atomic E-state index is 0.148. The molecule has 136 valence electrons. The summed E-state index contributed by atoms with van der Waals surface area (Å²) in [5, 5.41) is 20.8. The van der Waals surface area contributed by atoms with Crippen LogP contribution in [0.5, 0.6) is 0 Å². The summed E-state index contributed by atoms with van der Waals surface area (Å²) in [6.45, 7) is 4.29. The molecular formula is C23H27NO2. The van der Waals surface area contributed by atoms with Crippen molar-refractivity contribution >= 4 is 5.78 Å². The molecular weight excluding hydrogens is 322 g/mol. The second-order valence-corrected chi connectivity index (χ2v) is 9.07. The molecule has 0 amide bonds. The van der Waals surface area contributed by atoms with E-state index in [0.717, 1.165) is 18.4 Å². The number of carbonyl (C=O) groups excluding carboxylic acids is 1. The van der Waals surface area contributed by atoms with Gasteiger partial charge in [-0.25, -0.2) is 0 Å². The summed E-state index contributed by atoms with van der Waals surface area (Å²) in [6.07, 6.45) is 7.41.